The molecule has 0 atom stereocenters. The lowest BCUT2D eigenvalue weighted by molar-refractivity contribution is -0.118. The number of anilines is 1. The molecule has 0 spiro atoms. The third-order valence-electron chi connectivity index (χ3n) is 4.46. The van der Waals surface area contributed by atoms with E-state index in [9.17, 15) is 9.18 Å². The van der Waals surface area contributed by atoms with Gasteiger partial charge in [0.1, 0.15) is 5.82 Å². The number of rotatable bonds is 9. The average molecular weight is 432 g/mol. The number of aromatic nitrogens is 1. The van der Waals surface area contributed by atoms with Gasteiger partial charge < -0.3 is 4.90 Å². The van der Waals surface area contributed by atoms with Gasteiger partial charge in [0, 0.05) is 23.6 Å². The summed E-state index contributed by atoms with van der Waals surface area (Å²) in [7, 11) is 4.04. The predicted molar refractivity (Wildman–Crippen MR) is 122 cm³/mol. The minimum atomic E-state index is -0.285. The van der Waals surface area contributed by atoms with Crippen molar-refractivity contribution in [3.63, 3.8) is 0 Å². The van der Waals surface area contributed by atoms with Crippen molar-refractivity contribution >= 4 is 44.4 Å². The van der Waals surface area contributed by atoms with Crippen LogP contribution in [0.2, 0.25) is 0 Å². The van der Waals surface area contributed by atoms with E-state index in [1.54, 1.807) is 22.7 Å². The Morgan fingerprint density at radius 1 is 1.14 bits per heavy atom. The smallest absolute Gasteiger partial charge is 0.229 e. The number of thiazole rings is 1. The number of thioether (sulfide) groups is 1. The van der Waals surface area contributed by atoms with Gasteiger partial charge in [0.05, 0.1) is 10.2 Å². The molecule has 7 heteroatoms. The SMILES string of the molecule is Cc1ccc(SCCC(=O)N(CCCN(C)C)c2nc3ccc(F)cc3s2)cc1. The lowest BCUT2D eigenvalue weighted by Crippen LogP contribution is -2.33. The van der Waals surface area contributed by atoms with Gasteiger partial charge in [-0.1, -0.05) is 29.0 Å². The van der Waals surface area contributed by atoms with Gasteiger partial charge in [-0.3, -0.25) is 9.69 Å². The molecule has 0 aliphatic heterocycles. The molecule has 1 heterocycles. The highest BCUT2D eigenvalue weighted by Crippen LogP contribution is 2.30. The van der Waals surface area contributed by atoms with E-state index in [4.69, 9.17) is 0 Å². The molecule has 0 N–H and O–H groups in total. The standard InChI is InChI=1S/C22H26FN3OS2/c1-16-5-8-18(9-6-16)28-14-11-21(27)26(13-4-12-25(2)3)22-24-19-10-7-17(23)15-20(19)29-22/h5-10,15H,4,11-14H2,1-3H3. The zero-order chi connectivity index (χ0) is 20.8. The first-order chi connectivity index (χ1) is 13.9. The van der Waals surface area contributed by atoms with Crippen LogP contribution >= 0.6 is 23.1 Å². The number of hydrogen-bond donors (Lipinski definition) is 0. The zero-order valence-corrected chi connectivity index (χ0v) is 18.7. The van der Waals surface area contributed by atoms with E-state index in [1.165, 1.54) is 29.0 Å². The van der Waals surface area contributed by atoms with Gasteiger partial charge in [0.15, 0.2) is 5.13 Å². The van der Waals surface area contributed by atoms with Crippen LogP contribution in [0.3, 0.4) is 0 Å². The predicted octanol–water partition coefficient (Wildman–Crippen LogP) is 5.21. The van der Waals surface area contributed by atoms with Gasteiger partial charge in [0.2, 0.25) is 5.91 Å². The Balaban J connectivity index is 1.69. The Hall–Kier alpha value is -1.96. The Bertz CT molecular complexity index is 956. The summed E-state index contributed by atoms with van der Waals surface area (Å²) in [6.45, 7) is 3.56. The number of carbonyl (C=O) groups excluding carboxylic acids is 1. The molecule has 29 heavy (non-hydrogen) atoms. The summed E-state index contributed by atoms with van der Waals surface area (Å²) in [5.74, 6) is 0.488. The lowest BCUT2D eigenvalue weighted by atomic mass is 10.2. The van der Waals surface area contributed by atoms with Gasteiger partial charge in [0.25, 0.3) is 0 Å². The fraction of sp³-hybridized carbons (Fsp3) is 0.364. The quantitative estimate of drug-likeness (QED) is 0.436. The van der Waals surface area contributed by atoms with Crippen LogP contribution in [-0.2, 0) is 4.79 Å². The molecule has 2 aromatic carbocycles. The van der Waals surface area contributed by atoms with Crippen molar-refractivity contribution in [2.45, 2.75) is 24.7 Å². The van der Waals surface area contributed by atoms with Gasteiger partial charge in [-0.25, -0.2) is 9.37 Å². The molecular formula is C22H26FN3OS2. The molecule has 3 aromatic rings. The molecule has 0 fully saturated rings. The van der Waals surface area contributed by atoms with E-state index in [-0.39, 0.29) is 11.7 Å². The maximum absolute atomic E-state index is 13.5. The first-order valence-electron chi connectivity index (χ1n) is 9.63. The number of hydrogen-bond acceptors (Lipinski definition) is 5. The van der Waals surface area contributed by atoms with E-state index in [2.05, 4.69) is 41.1 Å². The molecule has 1 amide bonds. The first kappa shape index (κ1) is 21.7. The molecule has 0 radical (unpaired) electrons. The maximum Gasteiger partial charge on any atom is 0.229 e. The highest BCUT2D eigenvalue weighted by molar-refractivity contribution is 7.99. The molecule has 3 rings (SSSR count). The van der Waals surface area contributed by atoms with E-state index in [0.717, 1.165) is 28.1 Å². The molecule has 1 aromatic heterocycles. The van der Waals surface area contributed by atoms with Crippen LogP contribution in [0.5, 0.6) is 0 Å². The summed E-state index contributed by atoms with van der Waals surface area (Å²) in [6, 6.07) is 12.9. The second-order valence-electron chi connectivity index (χ2n) is 7.22. The molecule has 0 aliphatic carbocycles. The molecule has 0 saturated heterocycles. The summed E-state index contributed by atoms with van der Waals surface area (Å²) in [6.07, 6.45) is 1.29. The highest BCUT2D eigenvalue weighted by Gasteiger charge is 2.19. The third-order valence-corrected chi connectivity index (χ3v) is 6.52. The Kier molecular flexibility index (Phi) is 7.64. The monoisotopic (exact) mass is 431 g/mol. The molecule has 4 nitrogen and oxygen atoms in total. The summed E-state index contributed by atoms with van der Waals surface area (Å²) in [5.41, 5.74) is 1.95. The normalized spacial score (nSPS) is 11.3. The van der Waals surface area contributed by atoms with Crippen molar-refractivity contribution in [3.8, 4) is 0 Å². The van der Waals surface area contributed by atoms with Crippen LogP contribution in [0.25, 0.3) is 10.2 Å². The van der Waals surface area contributed by atoms with Crippen molar-refractivity contribution in [1.82, 2.24) is 9.88 Å². The number of fused-ring (bicyclic) bond motifs is 1. The van der Waals surface area contributed by atoms with Crippen molar-refractivity contribution in [1.29, 1.82) is 0 Å². The minimum Gasteiger partial charge on any atom is -0.309 e. The number of carbonyl (C=O) groups is 1. The molecular weight excluding hydrogens is 405 g/mol. The summed E-state index contributed by atoms with van der Waals surface area (Å²) >= 11 is 3.06. The highest BCUT2D eigenvalue weighted by atomic mass is 32.2. The molecule has 0 aliphatic rings. The van der Waals surface area contributed by atoms with Gasteiger partial charge in [-0.05, 0) is 64.3 Å². The van der Waals surface area contributed by atoms with Crippen molar-refractivity contribution in [2.75, 3.05) is 37.8 Å². The summed E-state index contributed by atoms with van der Waals surface area (Å²) < 4.78 is 14.3. The van der Waals surface area contributed by atoms with Gasteiger partial charge in [-0.2, -0.15) is 0 Å². The largest absolute Gasteiger partial charge is 0.309 e. The van der Waals surface area contributed by atoms with Crippen LogP contribution in [-0.4, -0.2) is 48.7 Å². The topological polar surface area (TPSA) is 36.4 Å². The third kappa shape index (κ3) is 6.26. The van der Waals surface area contributed by atoms with Crippen molar-refractivity contribution in [2.24, 2.45) is 0 Å². The summed E-state index contributed by atoms with van der Waals surface area (Å²) in [5, 5.41) is 0.648. The second-order valence-corrected chi connectivity index (χ2v) is 9.40. The number of halogens is 1. The van der Waals surface area contributed by atoms with Gasteiger partial charge >= 0.3 is 0 Å². The Morgan fingerprint density at radius 2 is 1.90 bits per heavy atom. The van der Waals surface area contributed by atoms with Crippen molar-refractivity contribution < 1.29 is 9.18 Å². The molecule has 0 saturated carbocycles. The average Bonchev–Trinajstić information content (AvgIpc) is 3.09. The Labute approximate surface area is 179 Å². The fourth-order valence-electron chi connectivity index (χ4n) is 2.90. The number of amides is 1. The van der Waals surface area contributed by atoms with Crippen LogP contribution in [0.4, 0.5) is 9.52 Å². The number of aryl methyl sites for hydroxylation is 1. The van der Waals surface area contributed by atoms with Crippen LogP contribution in [0, 0.1) is 12.7 Å². The second kappa shape index (κ2) is 10.2. The zero-order valence-electron chi connectivity index (χ0n) is 17.0. The molecule has 154 valence electrons. The molecule has 0 unspecified atom stereocenters. The Morgan fingerprint density at radius 3 is 2.62 bits per heavy atom. The van der Waals surface area contributed by atoms with E-state index < -0.39 is 0 Å². The van der Waals surface area contributed by atoms with Crippen LogP contribution < -0.4 is 4.90 Å². The number of benzene rings is 2. The van der Waals surface area contributed by atoms with Crippen molar-refractivity contribution in [3.05, 3.63) is 53.8 Å². The number of nitrogens with zero attached hydrogens (tertiary/aromatic N) is 3. The fourth-order valence-corrected chi connectivity index (χ4v) is 4.77. The van der Waals surface area contributed by atoms with E-state index in [1.807, 2.05) is 14.1 Å². The maximum atomic E-state index is 13.5. The minimum absolute atomic E-state index is 0.0582. The van der Waals surface area contributed by atoms with E-state index >= 15 is 0 Å². The molecule has 0 bridgehead atoms. The summed E-state index contributed by atoms with van der Waals surface area (Å²) in [4.78, 5) is 22.6. The van der Waals surface area contributed by atoms with E-state index in [0.29, 0.717) is 23.8 Å². The van der Waals surface area contributed by atoms with Crippen LogP contribution in [0.1, 0.15) is 18.4 Å². The first-order valence-corrected chi connectivity index (χ1v) is 11.4. The van der Waals surface area contributed by atoms with Gasteiger partial charge in [-0.15, -0.1) is 11.8 Å². The van der Waals surface area contributed by atoms with Crippen LogP contribution in [0.15, 0.2) is 47.4 Å². The lowest BCUT2D eigenvalue weighted by Gasteiger charge is -2.21.